The van der Waals surface area contributed by atoms with E-state index in [0.29, 0.717) is 12.6 Å². The lowest BCUT2D eigenvalue weighted by molar-refractivity contribution is -0.0925. The zero-order chi connectivity index (χ0) is 18.0. The summed E-state index contributed by atoms with van der Waals surface area (Å²) >= 11 is 0. The van der Waals surface area contributed by atoms with Crippen LogP contribution in [-0.4, -0.2) is 58.2 Å². The van der Waals surface area contributed by atoms with Crippen LogP contribution in [0.5, 0.6) is 0 Å². The number of hydrogen-bond acceptors (Lipinski definition) is 6. The molecule has 2 aliphatic heterocycles. The van der Waals surface area contributed by atoms with E-state index in [-0.39, 0.29) is 5.60 Å². The summed E-state index contributed by atoms with van der Waals surface area (Å²) in [4.78, 5) is 17.4. The maximum absolute atomic E-state index is 13.1. The Labute approximate surface area is 153 Å². The van der Waals surface area contributed by atoms with Gasteiger partial charge in [0.2, 0.25) is 5.95 Å². The second-order valence-corrected chi connectivity index (χ2v) is 7.20. The van der Waals surface area contributed by atoms with Crippen LogP contribution in [0.15, 0.2) is 30.6 Å². The molecule has 0 N–H and O–H groups in total. The molecule has 2 aliphatic rings. The van der Waals surface area contributed by atoms with E-state index in [1.54, 1.807) is 0 Å². The van der Waals surface area contributed by atoms with Gasteiger partial charge in [-0.2, -0.15) is 0 Å². The van der Waals surface area contributed by atoms with Gasteiger partial charge in [0.05, 0.1) is 36.8 Å². The van der Waals surface area contributed by atoms with E-state index in [0.717, 1.165) is 57.0 Å². The highest BCUT2D eigenvalue weighted by atomic mass is 19.1. The number of pyridine rings is 1. The van der Waals surface area contributed by atoms with Gasteiger partial charge in [-0.3, -0.25) is 9.88 Å². The molecule has 7 heteroatoms. The third-order valence-corrected chi connectivity index (χ3v) is 5.24. The fraction of sp³-hybridized carbons (Fsp3) is 0.526. The zero-order valence-electron chi connectivity index (χ0n) is 15.1. The lowest BCUT2D eigenvalue weighted by Crippen LogP contribution is -2.57. The SMILES string of the molecule is Cc1cccc(CN2CCC3(CC2)CN(c2ncc(F)cn2)CCO3)n1. The van der Waals surface area contributed by atoms with Crippen LogP contribution in [0.4, 0.5) is 10.3 Å². The number of halogens is 1. The van der Waals surface area contributed by atoms with Gasteiger partial charge in [-0.05, 0) is 31.9 Å². The van der Waals surface area contributed by atoms with Crippen molar-refractivity contribution in [3.05, 3.63) is 47.8 Å². The molecule has 138 valence electrons. The molecule has 0 atom stereocenters. The van der Waals surface area contributed by atoms with Gasteiger partial charge in [0.25, 0.3) is 0 Å². The molecule has 0 bridgehead atoms. The average Bonchev–Trinajstić information content (AvgIpc) is 2.65. The van der Waals surface area contributed by atoms with E-state index in [1.807, 2.05) is 13.0 Å². The van der Waals surface area contributed by atoms with Crippen molar-refractivity contribution in [2.75, 3.05) is 37.7 Å². The number of anilines is 1. The summed E-state index contributed by atoms with van der Waals surface area (Å²) in [7, 11) is 0. The van der Waals surface area contributed by atoms with Crippen molar-refractivity contribution in [2.45, 2.75) is 31.9 Å². The van der Waals surface area contributed by atoms with Gasteiger partial charge in [-0.1, -0.05) is 6.07 Å². The van der Waals surface area contributed by atoms with E-state index >= 15 is 0 Å². The number of morpholine rings is 1. The lowest BCUT2D eigenvalue weighted by atomic mass is 9.89. The molecule has 2 fully saturated rings. The first-order valence-electron chi connectivity index (χ1n) is 9.13. The van der Waals surface area contributed by atoms with Crippen molar-refractivity contribution in [3.8, 4) is 0 Å². The fourth-order valence-electron chi connectivity index (χ4n) is 3.82. The Bertz CT molecular complexity index is 746. The van der Waals surface area contributed by atoms with Gasteiger partial charge in [-0.25, -0.2) is 14.4 Å². The third kappa shape index (κ3) is 3.83. The number of piperidine rings is 1. The molecule has 0 aromatic carbocycles. The smallest absolute Gasteiger partial charge is 0.225 e. The van der Waals surface area contributed by atoms with Crippen LogP contribution in [0, 0.1) is 12.7 Å². The molecule has 2 saturated heterocycles. The standard InChI is InChI=1S/C19H24FN5O/c1-15-3-2-4-17(23-15)13-24-7-5-19(6-8-24)14-25(9-10-26-19)18-21-11-16(20)12-22-18/h2-4,11-12H,5-10,13-14H2,1H3. The summed E-state index contributed by atoms with van der Waals surface area (Å²) < 4.78 is 19.3. The summed E-state index contributed by atoms with van der Waals surface area (Å²) in [5, 5.41) is 0. The van der Waals surface area contributed by atoms with Crippen LogP contribution in [0.1, 0.15) is 24.2 Å². The summed E-state index contributed by atoms with van der Waals surface area (Å²) in [5.41, 5.74) is 2.01. The number of nitrogens with zero attached hydrogens (tertiary/aromatic N) is 5. The Morgan fingerprint density at radius 3 is 2.65 bits per heavy atom. The molecule has 2 aromatic heterocycles. The van der Waals surface area contributed by atoms with Gasteiger partial charge in [-0.15, -0.1) is 0 Å². The molecule has 4 heterocycles. The molecule has 0 unspecified atom stereocenters. The van der Waals surface area contributed by atoms with E-state index in [4.69, 9.17) is 4.74 Å². The molecule has 0 amide bonds. The number of rotatable bonds is 3. The van der Waals surface area contributed by atoms with Crippen LogP contribution in [0.3, 0.4) is 0 Å². The largest absolute Gasteiger partial charge is 0.371 e. The van der Waals surface area contributed by atoms with Crippen molar-refractivity contribution in [1.82, 2.24) is 19.9 Å². The second kappa shape index (κ2) is 7.25. The van der Waals surface area contributed by atoms with Crippen molar-refractivity contribution in [1.29, 1.82) is 0 Å². The Morgan fingerprint density at radius 2 is 1.92 bits per heavy atom. The molecule has 26 heavy (non-hydrogen) atoms. The normalized spacial score (nSPS) is 20.5. The van der Waals surface area contributed by atoms with Crippen LogP contribution in [-0.2, 0) is 11.3 Å². The number of likely N-dealkylation sites (tertiary alicyclic amines) is 1. The fourth-order valence-corrected chi connectivity index (χ4v) is 3.82. The predicted molar refractivity (Wildman–Crippen MR) is 96.4 cm³/mol. The summed E-state index contributed by atoms with van der Waals surface area (Å²) in [5.74, 6) is 0.176. The minimum absolute atomic E-state index is 0.160. The number of ether oxygens (including phenoxy) is 1. The van der Waals surface area contributed by atoms with E-state index in [9.17, 15) is 4.39 Å². The highest BCUT2D eigenvalue weighted by Crippen LogP contribution is 2.31. The lowest BCUT2D eigenvalue weighted by Gasteiger charge is -2.47. The average molecular weight is 357 g/mol. The molecule has 2 aromatic rings. The van der Waals surface area contributed by atoms with Gasteiger partial charge >= 0.3 is 0 Å². The van der Waals surface area contributed by atoms with Crippen molar-refractivity contribution in [2.24, 2.45) is 0 Å². The molecule has 0 saturated carbocycles. The van der Waals surface area contributed by atoms with Crippen molar-refractivity contribution in [3.63, 3.8) is 0 Å². The van der Waals surface area contributed by atoms with Gasteiger partial charge < -0.3 is 9.64 Å². The Morgan fingerprint density at radius 1 is 1.15 bits per heavy atom. The topological polar surface area (TPSA) is 54.4 Å². The van der Waals surface area contributed by atoms with Crippen molar-refractivity contribution >= 4 is 5.95 Å². The zero-order valence-corrected chi connectivity index (χ0v) is 15.1. The minimum atomic E-state index is -0.408. The minimum Gasteiger partial charge on any atom is -0.371 e. The van der Waals surface area contributed by atoms with Crippen LogP contribution >= 0.6 is 0 Å². The maximum atomic E-state index is 13.1. The summed E-state index contributed by atoms with van der Waals surface area (Å²) in [6, 6.07) is 6.17. The van der Waals surface area contributed by atoms with Crippen LogP contribution in [0.25, 0.3) is 0 Å². The van der Waals surface area contributed by atoms with E-state index in [2.05, 4.69) is 36.9 Å². The number of aryl methyl sites for hydroxylation is 1. The van der Waals surface area contributed by atoms with Gasteiger partial charge in [0.15, 0.2) is 5.82 Å². The molecule has 0 radical (unpaired) electrons. The number of hydrogen-bond donors (Lipinski definition) is 0. The molecule has 6 nitrogen and oxygen atoms in total. The first kappa shape index (κ1) is 17.3. The van der Waals surface area contributed by atoms with Gasteiger partial charge in [0, 0.05) is 31.9 Å². The molecule has 4 rings (SSSR count). The predicted octanol–water partition coefficient (Wildman–Crippen LogP) is 2.19. The summed E-state index contributed by atoms with van der Waals surface area (Å²) in [6.07, 6.45) is 4.39. The Hall–Kier alpha value is -2.12. The van der Waals surface area contributed by atoms with E-state index < -0.39 is 5.82 Å². The molecular formula is C19H24FN5O. The Kier molecular flexibility index (Phi) is 4.82. The molecule has 1 spiro atoms. The Balaban J connectivity index is 1.37. The van der Waals surface area contributed by atoms with Gasteiger partial charge in [0.1, 0.15) is 0 Å². The monoisotopic (exact) mass is 357 g/mol. The maximum Gasteiger partial charge on any atom is 0.225 e. The third-order valence-electron chi connectivity index (χ3n) is 5.24. The second-order valence-electron chi connectivity index (χ2n) is 7.20. The first-order valence-corrected chi connectivity index (χ1v) is 9.13. The van der Waals surface area contributed by atoms with Crippen LogP contribution in [0.2, 0.25) is 0 Å². The molecule has 0 aliphatic carbocycles. The highest BCUT2D eigenvalue weighted by Gasteiger charge is 2.40. The summed E-state index contributed by atoms with van der Waals surface area (Å²) in [6.45, 7) is 7.01. The molecular weight excluding hydrogens is 333 g/mol. The van der Waals surface area contributed by atoms with Crippen LogP contribution < -0.4 is 4.90 Å². The quantitative estimate of drug-likeness (QED) is 0.839. The first-order chi connectivity index (χ1) is 12.6. The highest BCUT2D eigenvalue weighted by molar-refractivity contribution is 5.30. The van der Waals surface area contributed by atoms with E-state index in [1.165, 1.54) is 12.4 Å². The van der Waals surface area contributed by atoms with Crippen molar-refractivity contribution < 1.29 is 9.13 Å². The number of aromatic nitrogens is 3.